The van der Waals surface area contributed by atoms with Gasteiger partial charge < -0.3 is 50.6 Å². The zero-order chi connectivity index (χ0) is 76.0. The Hall–Kier alpha value is -2.39. The molecule has 14 unspecified atom stereocenters. The van der Waals surface area contributed by atoms with Crippen LogP contribution < -0.4 is 45.9 Å². The maximum atomic E-state index is 12.9. The van der Waals surface area contributed by atoms with E-state index in [4.69, 9.17) is 55.9 Å². The monoisotopic (exact) mass is 1430 g/mol. The molecule has 0 saturated carbocycles. The predicted octanol–water partition coefficient (Wildman–Crippen LogP) is 8.91. The van der Waals surface area contributed by atoms with Crippen LogP contribution in [0.25, 0.3) is 0 Å². The third-order valence-electron chi connectivity index (χ3n) is 21.5. The highest BCUT2D eigenvalue weighted by molar-refractivity contribution is 5.21. The molecular weight excluding hydrogens is 1280 g/mol. The van der Waals surface area contributed by atoms with Crippen molar-refractivity contribution in [3.05, 3.63) is 35.9 Å². The zero-order valence-corrected chi connectivity index (χ0v) is 66.1. The van der Waals surface area contributed by atoms with Crippen molar-refractivity contribution in [1.29, 1.82) is 5.26 Å². The Bertz CT molecular complexity index is 2280. The number of hydrogen-bond donors (Lipinski definition) is 8. The number of likely N-dealkylation sites (tertiary alicyclic amines) is 8. The number of halogens is 6. The van der Waals surface area contributed by atoms with E-state index in [9.17, 15) is 26.3 Å². The molecular formula is C76H151F6N17O. The van der Waals surface area contributed by atoms with Crippen LogP contribution in [-0.2, 0) is 4.74 Å². The Morgan fingerprint density at radius 2 is 0.920 bits per heavy atom. The van der Waals surface area contributed by atoms with Gasteiger partial charge in [-0.1, -0.05) is 37.3 Å². The summed E-state index contributed by atoms with van der Waals surface area (Å²) in [6.45, 7) is 49.5. The van der Waals surface area contributed by atoms with Crippen LogP contribution in [0.4, 0.5) is 26.3 Å². The molecule has 0 aromatic heterocycles. The summed E-state index contributed by atoms with van der Waals surface area (Å²) in [5.41, 5.74) is 46.1. The molecule has 0 spiro atoms. The van der Waals surface area contributed by atoms with Crippen molar-refractivity contribution in [2.24, 2.45) is 51.8 Å². The Morgan fingerprint density at radius 1 is 0.500 bits per heavy atom. The first-order chi connectivity index (χ1) is 46.6. The van der Waals surface area contributed by atoms with Gasteiger partial charge in [0.05, 0.1) is 35.7 Å². The number of nitrogens with two attached hydrogens (primary N) is 8. The van der Waals surface area contributed by atoms with E-state index < -0.39 is 48.7 Å². The minimum atomic E-state index is -2.41. The predicted molar refractivity (Wildman–Crippen MR) is 407 cm³/mol. The van der Waals surface area contributed by atoms with Crippen molar-refractivity contribution in [2.45, 2.75) is 320 Å². The molecule has 16 N–H and O–H groups in total. The highest BCUT2D eigenvalue weighted by Gasteiger charge is 2.41. The van der Waals surface area contributed by atoms with E-state index in [1.807, 2.05) is 37.5 Å². The summed E-state index contributed by atoms with van der Waals surface area (Å²) in [5, 5.41) is 8.66. The molecule has 0 aliphatic carbocycles. The highest BCUT2D eigenvalue weighted by atomic mass is 19.3. The minimum absolute atomic E-state index is 0.0288. The molecule has 14 atom stereocenters. The second-order valence-electron chi connectivity index (χ2n) is 33.1. The first-order valence-corrected chi connectivity index (χ1v) is 38.4. The number of benzene rings is 1. The van der Waals surface area contributed by atoms with Crippen LogP contribution in [0.2, 0.25) is 0 Å². The van der Waals surface area contributed by atoms with Crippen LogP contribution in [0.15, 0.2) is 30.3 Å². The number of alkyl halides is 6. The van der Waals surface area contributed by atoms with E-state index in [1.165, 1.54) is 18.5 Å². The molecule has 8 fully saturated rings. The fourth-order valence-electron chi connectivity index (χ4n) is 14.3. The zero-order valence-electron chi connectivity index (χ0n) is 66.1. The fourth-order valence-corrected chi connectivity index (χ4v) is 14.3. The number of rotatable bonds is 13. The van der Waals surface area contributed by atoms with E-state index in [2.05, 4.69) is 156 Å². The van der Waals surface area contributed by atoms with Gasteiger partial charge in [0.2, 0.25) is 0 Å². The van der Waals surface area contributed by atoms with Gasteiger partial charge in [-0.25, -0.2) is 26.3 Å². The van der Waals surface area contributed by atoms with Crippen LogP contribution in [0.1, 0.15) is 200 Å². The molecule has 0 bridgehead atoms. The first kappa shape index (κ1) is 93.7. The van der Waals surface area contributed by atoms with E-state index in [0.29, 0.717) is 118 Å². The fraction of sp³-hybridized carbons (Fsp3) is 0.908. The molecule has 0 amide bonds. The van der Waals surface area contributed by atoms with Crippen LogP contribution in [0.3, 0.4) is 0 Å². The van der Waals surface area contributed by atoms with E-state index in [1.54, 1.807) is 7.11 Å². The number of nitriles is 1. The average molecular weight is 1430 g/mol. The van der Waals surface area contributed by atoms with Gasteiger partial charge in [-0.05, 0) is 219 Å². The Kier molecular flexibility index (Phi) is 43.7. The van der Waals surface area contributed by atoms with Gasteiger partial charge in [0.1, 0.15) is 25.2 Å². The van der Waals surface area contributed by atoms with Gasteiger partial charge in [-0.2, -0.15) is 5.26 Å². The summed E-state index contributed by atoms with van der Waals surface area (Å²) >= 11 is 0. The normalized spacial score (nSPS) is 32.6. The summed E-state index contributed by atoms with van der Waals surface area (Å²) < 4.78 is 81.8. The third kappa shape index (κ3) is 34.5. The quantitative estimate of drug-likeness (QED) is 0.0857. The Morgan fingerprint density at radius 3 is 1.36 bits per heavy atom. The molecule has 0 radical (unpaired) electrons. The number of ether oxygens (including phenoxy) is 1. The van der Waals surface area contributed by atoms with Crippen molar-refractivity contribution >= 4 is 0 Å². The second-order valence-corrected chi connectivity index (χ2v) is 33.1. The van der Waals surface area contributed by atoms with Gasteiger partial charge in [0, 0.05) is 164 Å². The summed E-state index contributed by atoms with van der Waals surface area (Å²) in [7, 11) is 1.77. The van der Waals surface area contributed by atoms with E-state index in [-0.39, 0.29) is 30.2 Å². The molecule has 8 aliphatic heterocycles. The molecule has 24 heteroatoms. The lowest BCUT2D eigenvalue weighted by Crippen LogP contribution is -2.59. The van der Waals surface area contributed by atoms with Crippen LogP contribution >= 0.6 is 0 Å². The first-order valence-electron chi connectivity index (χ1n) is 38.4. The second kappa shape index (κ2) is 46.6. The lowest BCUT2D eigenvalue weighted by atomic mass is 9.87. The lowest BCUT2D eigenvalue weighted by Gasteiger charge is -2.41. The van der Waals surface area contributed by atoms with Crippen LogP contribution in [0.5, 0.6) is 0 Å². The molecule has 100 heavy (non-hydrogen) atoms. The van der Waals surface area contributed by atoms with Crippen molar-refractivity contribution in [1.82, 2.24) is 39.2 Å². The molecule has 9 rings (SSSR count). The summed E-state index contributed by atoms with van der Waals surface area (Å²) in [6.07, 6.45) is 3.87. The number of hydrogen-bond acceptors (Lipinski definition) is 18. The largest absolute Gasteiger partial charge is 0.380 e. The number of piperidine rings is 8. The topological polar surface area (TPSA) is 267 Å². The average Bonchev–Trinajstić information content (AvgIpc) is 0.918. The van der Waals surface area contributed by atoms with Crippen LogP contribution in [0, 0.1) is 17.2 Å². The van der Waals surface area contributed by atoms with Crippen molar-refractivity contribution in [2.75, 3.05) is 119 Å². The summed E-state index contributed by atoms with van der Waals surface area (Å²) in [6, 6.07) is 17.1. The van der Waals surface area contributed by atoms with Crippen molar-refractivity contribution in [3.63, 3.8) is 0 Å². The maximum absolute atomic E-state index is 12.9. The SMILES string of the molecule is CC(C)N1CC(N)C(F)C(F)C1.CC(C)N1CC(N)CC(F)C1.CC(C)N1CC(N)CC(c2ccccc2)C1.CC(C)N1CCCC(N)(C(F)F)C1.CC(C)N1CCCC(N)(CC#N)C1.CC(C)N1CCCC(N)(CF)C1.CC1CCN(C(C)C)CC1N.COC1CC(N)CN(C(C)C)C1. The van der Waals surface area contributed by atoms with Gasteiger partial charge in [0.25, 0.3) is 6.43 Å². The third-order valence-corrected chi connectivity index (χ3v) is 21.5. The summed E-state index contributed by atoms with van der Waals surface area (Å²) in [4.78, 5) is 17.9. The van der Waals surface area contributed by atoms with Crippen molar-refractivity contribution < 1.29 is 31.1 Å². The maximum Gasteiger partial charge on any atom is 0.257 e. The summed E-state index contributed by atoms with van der Waals surface area (Å²) in [5.74, 6) is 1.32. The standard InChI is InChI=1S/C14H22N2.C10H19N3.C9H18F2N2.C9H19FN2.C9H20N2O.C9H20N2.C8H16F2N2.C8H17FN2/c1-11(2)16-9-13(8-14(15)10-16)12-6-4-3-5-7-12;1-9(2)13-7-3-4-10(12,8-13)5-6-11;1-7(2)13-5-3-4-9(12,6-13)8(10)11;1-8(2)12-5-3-4-9(11,6-10)7-12;1-7(2)11-5-8(10)4-9(6-11)12-3;1-7(2)11-5-4-8(3)9(10)6-11;1-5(2)12-3-6(9)8(10)7(11)4-12;1-6(2)11-4-7(9)3-8(10)5-11/h3-7,11,13-14H,8-10,15H2,1-2H3;9H,3-5,7-8,12H2,1-2H3;7-8H,3-6,12H2,1-2H3;8H,3-7,11H2,1-2H3;7-9H,4-6,10H2,1-3H3;7-9H,4-6,10H2,1-3H3;5-8H,3-4,11H2,1-2H3;6-8H,3-5,10H2,1-2H3. The number of methoxy groups -OCH3 is 1. The van der Waals surface area contributed by atoms with Gasteiger partial charge in [-0.15, -0.1) is 0 Å². The van der Waals surface area contributed by atoms with E-state index >= 15 is 0 Å². The minimum Gasteiger partial charge on any atom is -0.380 e. The smallest absolute Gasteiger partial charge is 0.257 e. The Labute approximate surface area is 605 Å². The van der Waals surface area contributed by atoms with Gasteiger partial charge in [-0.3, -0.25) is 39.2 Å². The van der Waals surface area contributed by atoms with E-state index in [0.717, 1.165) is 110 Å². The van der Waals surface area contributed by atoms with Gasteiger partial charge in [0.15, 0.2) is 0 Å². The molecule has 8 saturated heterocycles. The Balaban J connectivity index is 0.000000390. The highest BCUT2D eigenvalue weighted by Crippen LogP contribution is 2.30. The molecule has 8 heterocycles. The molecule has 1 aromatic rings. The van der Waals surface area contributed by atoms with Crippen molar-refractivity contribution in [3.8, 4) is 6.07 Å². The van der Waals surface area contributed by atoms with Crippen LogP contribution in [-0.4, -0.2) is 284 Å². The van der Waals surface area contributed by atoms with Gasteiger partial charge >= 0.3 is 0 Å². The molecule has 18 nitrogen and oxygen atoms in total. The number of nitrogens with zero attached hydrogens (tertiary/aromatic N) is 9. The lowest BCUT2D eigenvalue weighted by molar-refractivity contribution is -0.00346. The molecule has 8 aliphatic rings. The molecule has 1 aromatic carbocycles. The molecule has 588 valence electrons.